The summed E-state index contributed by atoms with van der Waals surface area (Å²) in [5.41, 5.74) is 3.15. The predicted octanol–water partition coefficient (Wildman–Crippen LogP) is 5.10. The molecule has 0 radical (unpaired) electrons. The van der Waals surface area contributed by atoms with Crippen LogP contribution in [0.25, 0.3) is 0 Å². The summed E-state index contributed by atoms with van der Waals surface area (Å²) >= 11 is 12.4. The van der Waals surface area contributed by atoms with Gasteiger partial charge in [-0.1, -0.05) is 42.3 Å². The number of rotatable bonds is 12. The molecule has 2 aromatic rings. The summed E-state index contributed by atoms with van der Waals surface area (Å²) in [5, 5.41) is 3.68. The van der Waals surface area contributed by atoms with Crippen LogP contribution < -0.4 is 9.62 Å². The fourth-order valence-corrected chi connectivity index (χ4v) is 5.56. The lowest BCUT2D eigenvalue weighted by Crippen LogP contribution is -2.49. The Kier molecular flexibility index (Phi) is 11.1. The summed E-state index contributed by atoms with van der Waals surface area (Å²) in [7, 11) is -3.56. The maximum atomic E-state index is 13.4. The van der Waals surface area contributed by atoms with Crippen molar-refractivity contribution in [3.63, 3.8) is 0 Å². The van der Waals surface area contributed by atoms with Gasteiger partial charge in [-0.3, -0.25) is 13.9 Å². The summed E-state index contributed by atoms with van der Waals surface area (Å²) in [6, 6.07) is 9.93. The Bertz CT molecular complexity index is 1170. The lowest BCUT2D eigenvalue weighted by molar-refractivity contribution is -0.141. The van der Waals surface area contributed by atoms with Crippen LogP contribution in [-0.4, -0.2) is 50.5 Å². The topological polar surface area (TPSA) is 86.8 Å². The molecule has 0 spiro atoms. The van der Waals surface area contributed by atoms with E-state index in [4.69, 9.17) is 23.2 Å². The number of sulfonamides is 1. The van der Waals surface area contributed by atoms with Crippen molar-refractivity contribution < 1.29 is 18.0 Å². The number of halogens is 2. The van der Waals surface area contributed by atoms with Crippen molar-refractivity contribution in [2.24, 2.45) is 0 Å². The van der Waals surface area contributed by atoms with Crippen molar-refractivity contribution in [1.29, 1.82) is 0 Å². The van der Waals surface area contributed by atoms with E-state index in [9.17, 15) is 18.0 Å². The first-order valence-electron chi connectivity index (χ1n) is 11.9. The minimum Gasteiger partial charge on any atom is -0.355 e. The molecule has 10 heteroatoms. The summed E-state index contributed by atoms with van der Waals surface area (Å²) in [6.07, 6.45) is 1.93. The minimum atomic E-state index is -3.56. The number of likely N-dealkylation sites (N-methyl/N-ethyl adjacent to an activating group) is 1. The Labute approximate surface area is 224 Å². The number of anilines is 1. The highest BCUT2D eigenvalue weighted by Gasteiger charge is 2.29. The van der Waals surface area contributed by atoms with E-state index in [1.807, 2.05) is 45.9 Å². The minimum absolute atomic E-state index is 0.0674. The second-order valence-corrected chi connectivity index (χ2v) is 11.6. The molecule has 0 aliphatic rings. The molecule has 0 heterocycles. The zero-order chi connectivity index (χ0) is 27.0. The number of hydrogen-bond donors (Lipinski definition) is 1. The largest absolute Gasteiger partial charge is 0.355 e. The second kappa shape index (κ2) is 13.3. The van der Waals surface area contributed by atoms with Crippen LogP contribution in [0, 0.1) is 13.8 Å². The molecule has 1 unspecified atom stereocenters. The average molecular weight is 557 g/mol. The standard InChI is InChI=1S/C26H35Cl2N3O4S/c1-6-24(26(33)29-7-2)30(17-20-10-11-21(27)16-23(20)28)25(32)9-8-12-31(36(5,34)35)22-14-18(3)13-19(4)15-22/h10-11,13-16,24H,6-9,12,17H2,1-5H3,(H,29,33). The zero-order valence-corrected chi connectivity index (χ0v) is 23.8. The number of hydrogen-bond acceptors (Lipinski definition) is 4. The van der Waals surface area contributed by atoms with E-state index in [1.165, 1.54) is 9.21 Å². The first kappa shape index (κ1) is 29.9. The van der Waals surface area contributed by atoms with Crippen molar-refractivity contribution in [3.8, 4) is 0 Å². The SMILES string of the molecule is CCNC(=O)C(CC)N(Cc1ccc(Cl)cc1Cl)C(=O)CCCN(c1cc(C)cc(C)c1)S(C)(=O)=O. The Morgan fingerprint density at radius 1 is 1.03 bits per heavy atom. The highest BCUT2D eigenvalue weighted by molar-refractivity contribution is 7.92. The van der Waals surface area contributed by atoms with Gasteiger partial charge in [0.25, 0.3) is 0 Å². The molecule has 0 aromatic heterocycles. The highest BCUT2D eigenvalue weighted by Crippen LogP contribution is 2.25. The molecule has 0 saturated carbocycles. The molecule has 0 aliphatic carbocycles. The van der Waals surface area contributed by atoms with Crippen molar-refractivity contribution in [2.75, 3.05) is 23.7 Å². The second-order valence-electron chi connectivity index (χ2n) is 8.86. The molecule has 0 aliphatic heterocycles. The van der Waals surface area contributed by atoms with Crippen LogP contribution in [0.5, 0.6) is 0 Å². The van der Waals surface area contributed by atoms with Gasteiger partial charge in [0, 0.05) is 36.1 Å². The number of amides is 2. The molecule has 0 fully saturated rings. The molecule has 2 aromatic carbocycles. The Morgan fingerprint density at radius 2 is 1.67 bits per heavy atom. The number of nitrogens with zero attached hydrogens (tertiary/aromatic N) is 2. The number of carbonyl (C=O) groups excluding carboxylic acids is 2. The first-order chi connectivity index (χ1) is 16.9. The highest BCUT2D eigenvalue weighted by atomic mass is 35.5. The molecule has 2 rings (SSSR count). The third-order valence-electron chi connectivity index (χ3n) is 5.74. The van der Waals surface area contributed by atoms with E-state index >= 15 is 0 Å². The van der Waals surface area contributed by atoms with E-state index in [2.05, 4.69) is 5.32 Å². The number of aryl methyl sites for hydroxylation is 2. The first-order valence-corrected chi connectivity index (χ1v) is 14.5. The molecule has 36 heavy (non-hydrogen) atoms. The third kappa shape index (κ3) is 8.39. The molecular weight excluding hydrogens is 521 g/mol. The average Bonchev–Trinajstić information content (AvgIpc) is 2.76. The molecule has 198 valence electrons. The lowest BCUT2D eigenvalue weighted by Gasteiger charge is -2.31. The van der Waals surface area contributed by atoms with Crippen LogP contribution in [-0.2, 0) is 26.2 Å². The third-order valence-corrected chi connectivity index (χ3v) is 7.52. The summed E-state index contributed by atoms with van der Waals surface area (Å²) in [5.74, 6) is -0.501. The number of nitrogens with one attached hydrogen (secondary N) is 1. The smallest absolute Gasteiger partial charge is 0.242 e. The van der Waals surface area contributed by atoms with Crippen molar-refractivity contribution in [3.05, 3.63) is 63.1 Å². The van der Waals surface area contributed by atoms with E-state index in [-0.39, 0.29) is 37.7 Å². The van der Waals surface area contributed by atoms with Crippen LogP contribution in [0.4, 0.5) is 5.69 Å². The van der Waals surface area contributed by atoms with E-state index in [0.29, 0.717) is 34.3 Å². The molecule has 0 saturated heterocycles. The van der Waals surface area contributed by atoms with Crippen molar-refractivity contribution in [1.82, 2.24) is 10.2 Å². The van der Waals surface area contributed by atoms with Crippen LogP contribution in [0.3, 0.4) is 0 Å². The predicted molar refractivity (Wildman–Crippen MR) is 147 cm³/mol. The van der Waals surface area contributed by atoms with Gasteiger partial charge in [-0.25, -0.2) is 8.42 Å². The van der Waals surface area contributed by atoms with Crippen LogP contribution in [0.15, 0.2) is 36.4 Å². The fourth-order valence-electron chi connectivity index (χ4n) is 4.14. The van der Waals surface area contributed by atoms with Gasteiger partial charge in [-0.2, -0.15) is 0 Å². The van der Waals surface area contributed by atoms with Crippen LogP contribution >= 0.6 is 23.2 Å². The summed E-state index contributed by atoms with van der Waals surface area (Å²) in [4.78, 5) is 27.7. The molecule has 7 nitrogen and oxygen atoms in total. The Morgan fingerprint density at radius 3 is 2.19 bits per heavy atom. The summed E-state index contributed by atoms with van der Waals surface area (Å²) < 4.78 is 26.4. The zero-order valence-electron chi connectivity index (χ0n) is 21.5. The van der Waals surface area contributed by atoms with Crippen LogP contribution in [0.1, 0.15) is 49.8 Å². The fraction of sp³-hybridized carbons (Fsp3) is 0.462. The van der Waals surface area contributed by atoms with Crippen molar-refractivity contribution >= 4 is 50.7 Å². The van der Waals surface area contributed by atoms with Gasteiger partial charge in [-0.15, -0.1) is 0 Å². The lowest BCUT2D eigenvalue weighted by atomic mass is 10.1. The van der Waals surface area contributed by atoms with Gasteiger partial charge in [0.05, 0.1) is 11.9 Å². The van der Waals surface area contributed by atoms with Gasteiger partial charge in [0.1, 0.15) is 6.04 Å². The van der Waals surface area contributed by atoms with Gasteiger partial charge in [0.2, 0.25) is 21.8 Å². The molecule has 1 N–H and O–H groups in total. The number of carbonyl (C=O) groups is 2. The van der Waals surface area contributed by atoms with Crippen molar-refractivity contribution in [2.45, 2.75) is 59.5 Å². The molecular formula is C26H35Cl2N3O4S. The van der Waals surface area contributed by atoms with E-state index < -0.39 is 16.1 Å². The van der Waals surface area contributed by atoms with E-state index in [0.717, 1.165) is 17.4 Å². The van der Waals surface area contributed by atoms with Gasteiger partial charge >= 0.3 is 0 Å². The summed E-state index contributed by atoms with van der Waals surface area (Å²) in [6.45, 7) is 8.20. The quantitative estimate of drug-likeness (QED) is 0.394. The molecule has 1 atom stereocenters. The molecule has 2 amide bonds. The molecule has 0 bridgehead atoms. The monoisotopic (exact) mass is 555 g/mol. The normalized spacial score (nSPS) is 12.2. The van der Waals surface area contributed by atoms with Gasteiger partial charge in [-0.05, 0) is 74.6 Å². The van der Waals surface area contributed by atoms with E-state index in [1.54, 1.807) is 18.2 Å². The maximum Gasteiger partial charge on any atom is 0.242 e. The van der Waals surface area contributed by atoms with Crippen LogP contribution in [0.2, 0.25) is 10.0 Å². The number of benzene rings is 2. The maximum absolute atomic E-state index is 13.4. The Hall–Kier alpha value is -2.29. The Balaban J connectivity index is 2.26. The van der Waals surface area contributed by atoms with Gasteiger partial charge in [0.15, 0.2) is 0 Å². The van der Waals surface area contributed by atoms with Gasteiger partial charge < -0.3 is 10.2 Å².